The van der Waals surface area contributed by atoms with Crippen molar-refractivity contribution in [2.24, 2.45) is 7.05 Å². The fourth-order valence-corrected chi connectivity index (χ4v) is 2.30. The molecule has 3 N–H and O–H groups in total. The molecule has 0 aliphatic carbocycles. The Morgan fingerprint density at radius 2 is 1.91 bits per heavy atom. The lowest BCUT2D eigenvalue weighted by Gasteiger charge is -2.10. The molecule has 0 unspecified atom stereocenters. The van der Waals surface area contributed by atoms with E-state index in [2.05, 4.69) is 56.9 Å². The summed E-state index contributed by atoms with van der Waals surface area (Å²) < 4.78 is 1.71. The Balaban J connectivity index is 1.84. The van der Waals surface area contributed by atoms with Crippen molar-refractivity contribution >= 4 is 22.8 Å². The molecule has 0 radical (unpaired) electrons. The first-order valence-electron chi connectivity index (χ1n) is 7.51. The van der Waals surface area contributed by atoms with E-state index >= 15 is 0 Å². The van der Waals surface area contributed by atoms with Crippen LogP contribution in [0.4, 0.5) is 11.8 Å². The topological polar surface area (TPSA) is 87.9 Å². The van der Waals surface area contributed by atoms with Crippen LogP contribution in [-0.4, -0.2) is 38.0 Å². The Morgan fingerprint density at radius 3 is 2.65 bits per heavy atom. The van der Waals surface area contributed by atoms with E-state index in [0.717, 1.165) is 16.6 Å². The summed E-state index contributed by atoms with van der Waals surface area (Å²) in [5.41, 5.74) is 3.14. The molecule has 23 heavy (non-hydrogen) atoms. The van der Waals surface area contributed by atoms with E-state index in [0.29, 0.717) is 24.9 Å². The zero-order valence-corrected chi connectivity index (χ0v) is 13.2. The zero-order chi connectivity index (χ0) is 16.2. The number of nitrogens with zero attached hydrogens (tertiary/aromatic N) is 4. The van der Waals surface area contributed by atoms with Crippen LogP contribution in [0.5, 0.6) is 0 Å². The molecule has 0 aliphatic rings. The Labute approximate surface area is 134 Å². The van der Waals surface area contributed by atoms with E-state index in [1.54, 1.807) is 10.9 Å². The fraction of sp³-hybridized carbons (Fsp3) is 0.312. The minimum Gasteiger partial charge on any atom is -0.395 e. The van der Waals surface area contributed by atoms with Crippen LogP contribution in [0.3, 0.4) is 0 Å². The molecule has 120 valence electrons. The van der Waals surface area contributed by atoms with Gasteiger partial charge in [-0.05, 0) is 12.5 Å². The summed E-state index contributed by atoms with van der Waals surface area (Å²) in [6, 6.07) is 8.32. The van der Waals surface area contributed by atoms with Gasteiger partial charge in [0.2, 0.25) is 5.95 Å². The number of aliphatic hydroxyl groups is 1. The number of hydrogen-bond donors (Lipinski definition) is 3. The molecule has 2 aromatic heterocycles. The van der Waals surface area contributed by atoms with Gasteiger partial charge < -0.3 is 15.7 Å². The summed E-state index contributed by atoms with van der Waals surface area (Å²) in [5, 5.41) is 20.4. The molecule has 0 atom stereocenters. The smallest absolute Gasteiger partial charge is 0.226 e. The third-order valence-electron chi connectivity index (χ3n) is 3.57. The average Bonchev–Trinajstić information content (AvgIpc) is 2.93. The third kappa shape index (κ3) is 3.40. The van der Waals surface area contributed by atoms with Crippen LogP contribution in [0.15, 0.2) is 30.5 Å². The van der Waals surface area contributed by atoms with Crippen molar-refractivity contribution in [1.82, 2.24) is 19.7 Å². The van der Waals surface area contributed by atoms with Gasteiger partial charge in [-0.1, -0.05) is 29.8 Å². The highest BCUT2D eigenvalue weighted by atomic mass is 16.3. The molecule has 7 nitrogen and oxygen atoms in total. The molecule has 7 heteroatoms. The molecular formula is C16H20N6O. The maximum absolute atomic E-state index is 9.01. The maximum atomic E-state index is 9.01. The van der Waals surface area contributed by atoms with Gasteiger partial charge in [0.1, 0.15) is 5.82 Å². The zero-order valence-electron chi connectivity index (χ0n) is 13.2. The second-order valence-corrected chi connectivity index (χ2v) is 5.39. The van der Waals surface area contributed by atoms with E-state index in [1.807, 2.05) is 7.05 Å². The van der Waals surface area contributed by atoms with E-state index in [-0.39, 0.29) is 6.61 Å². The Kier molecular flexibility index (Phi) is 4.38. The van der Waals surface area contributed by atoms with Crippen LogP contribution in [-0.2, 0) is 13.6 Å². The molecule has 0 saturated carbocycles. The number of hydrogen-bond acceptors (Lipinski definition) is 6. The van der Waals surface area contributed by atoms with Crippen molar-refractivity contribution in [1.29, 1.82) is 0 Å². The number of aromatic nitrogens is 4. The fourth-order valence-electron chi connectivity index (χ4n) is 2.30. The van der Waals surface area contributed by atoms with Gasteiger partial charge in [-0.3, -0.25) is 4.68 Å². The summed E-state index contributed by atoms with van der Waals surface area (Å²) in [4.78, 5) is 9.00. The van der Waals surface area contributed by atoms with Crippen LogP contribution in [0.2, 0.25) is 0 Å². The molecule has 3 rings (SSSR count). The SMILES string of the molecule is Cc1ccc(CNc2nc(NCCO)c3cnn(C)c3n2)cc1. The summed E-state index contributed by atoms with van der Waals surface area (Å²) in [7, 11) is 1.84. The lowest BCUT2D eigenvalue weighted by Crippen LogP contribution is -2.11. The van der Waals surface area contributed by atoms with Gasteiger partial charge in [0, 0.05) is 20.1 Å². The first-order valence-corrected chi connectivity index (χ1v) is 7.51. The molecule has 0 spiro atoms. The van der Waals surface area contributed by atoms with Crippen LogP contribution in [0.1, 0.15) is 11.1 Å². The number of nitrogens with one attached hydrogen (secondary N) is 2. The predicted octanol–water partition coefficient (Wildman–Crippen LogP) is 1.69. The number of benzene rings is 1. The van der Waals surface area contributed by atoms with Gasteiger partial charge in [-0.25, -0.2) is 0 Å². The highest BCUT2D eigenvalue weighted by Crippen LogP contribution is 2.21. The first kappa shape index (κ1) is 15.2. The largest absolute Gasteiger partial charge is 0.395 e. The molecule has 2 heterocycles. The van der Waals surface area contributed by atoms with Crippen molar-refractivity contribution in [2.45, 2.75) is 13.5 Å². The molecule has 0 fully saturated rings. The summed E-state index contributed by atoms with van der Waals surface area (Å²) >= 11 is 0. The van der Waals surface area contributed by atoms with Crippen LogP contribution in [0.25, 0.3) is 11.0 Å². The molecule has 0 bridgehead atoms. The van der Waals surface area contributed by atoms with Crippen LogP contribution >= 0.6 is 0 Å². The highest BCUT2D eigenvalue weighted by Gasteiger charge is 2.11. The van der Waals surface area contributed by atoms with Gasteiger partial charge >= 0.3 is 0 Å². The van der Waals surface area contributed by atoms with Crippen molar-refractivity contribution in [3.05, 3.63) is 41.6 Å². The number of fused-ring (bicyclic) bond motifs is 1. The summed E-state index contributed by atoms with van der Waals surface area (Å²) in [6.45, 7) is 3.18. The normalized spacial score (nSPS) is 10.9. The number of anilines is 2. The minimum atomic E-state index is 0.0396. The van der Waals surface area contributed by atoms with Gasteiger partial charge in [-0.2, -0.15) is 15.1 Å². The van der Waals surface area contributed by atoms with Gasteiger partial charge in [0.05, 0.1) is 18.2 Å². The lowest BCUT2D eigenvalue weighted by molar-refractivity contribution is 0.311. The Hall–Kier alpha value is -2.67. The number of aliphatic hydroxyl groups excluding tert-OH is 1. The monoisotopic (exact) mass is 312 g/mol. The molecule has 0 aliphatic heterocycles. The number of rotatable bonds is 6. The maximum Gasteiger partial charge on any atom is 0.226 e. The lowest BCUT2D eigenvalue weighted by atomic mass is 10.1. The van der Waals surface area contributed by atoms with E-state index in [9.17, 15) is 0 Å². The average molecular weight is 312 g/mol. The summed E-state index contributed by atoms with van der Waals surface area (Å²) in [5.74, 6) is 1.20. The molecule has 0 amide bonds. The van der Waals surface area contributed by atoms with Crippen molar-refractivity contribution in [3.8, 4) is 0 Å². The minimum absolute atomic E-state index is 0.0396. The van der Waals surface area contributed by atoms with Gasteiger partial charge in [0.25, 0.3) is 0 Å². The van der Waals surface area contributed by atoms with Crippen molar-refractivity contribution in [3.63, 3.8) is 0 Å². The molecule has 1 aromatic carbocycles. The van der Waals surface area contributed by atoms with E-state index in [4.69, 9.17) is 5.11 Å². The van der Waals surface area contributed by atoms with Gasteiger partial charge in [0.15, 0.2) is 5.65 Å². The second kappa shape index (κ2) is 6.62. The Bertz CT molecular complexity index is 796. The van der Waals surface area contributed by atoms with Crippen LogP contribution < -0.4 is 10.6 Å². The number of aryl methyl sites for hydroxylation is 2. The predicted molar refractivity (Wildman–Crippen MR) is 90.4 cm³/mol. The van der Waals surface area contributed by atoms with Gasteiger partial charge in [-0.15, -0.1) is 0 Å². The van der Waals surface area contributed by atoms with Crippen molar-refractivity contribution < 1.29 is 5.11 Å². The molecule has 3 aromatic rings. The molecule has 0 saturated heterocycles. The molecular weight excluding hydrogens is 292 g/mol. The van der Waals surface area contributed by atoms with Crippen LogP contribution in [0, 0.1) is 6.92 Å². The third-order valence-corrected chi connectivity index (χ3v) is 3.57. The van der Waals surface area contributed by atoms with E-state index < -0.39 is 0 Å². The van der Waals surface area contributed by atoms with E-state index in [1.165, 1.54) is 5.56 Å². The standard InChI is InChI=1S/C16H20N6O/c1-11-3-5-12(6-4-11)9-18-16-20-14(17-7-8-23)13-10-19-22(2)15(13)21-16/h3-6,10,23H,7-9H2,1-2H3,(H2,17,18,20,21). The second-order valence-electron chi connectivity index (χ2n) is 5.39. The highest BCUT2D eigenvalue weighted by molar-refractivity contribution is 5.87. The Morgan fingerprint density at radius 1 is 1.13 bits per heavy atom. The first-order chi connectivity index (χ1) is 11.2. The summed E-state index contributed by atoms with van der Waals surface area (Å²) in [6.07, 6.45) is 1.72. The quantitative estimate of drug-likeness (QED) is 0.642. The van der Waals surface area contributed by atoms with Crippen molar-refractivity contribution in [2.75, 3.05) is 23.8 Å².